The van der Waals surface area contributed by atoms with Crippen molar-refractivity contribution in [3.8, 4) is 0 Å². The van der Waals surface area contributed by atoms with Gasteiger partial charge in [0.2, 0.25) is 5.91 Å². The van der Waals surface area contributed by atoms with Crippen molar-refractivity contribution in [2.24, 2.45) is 0 Å². The molecule has 5 nitrogen and oxygen atoms in total. The van der Waals surface area contributed by atoms with E-state index in [0.717, 1.165) is 39.2 Å². The molecule has 3 aromatic rings. The van der Waals surface area contributed by atoms with Gasteiger partial charge in [0.1, 0.15) is 0 Å². The third kappa shape index (κ3) is 4.55. The monoisotopic (exact) mass is 365 g/mol. The fourth-order valence-corrected chi connectivity index (χ4v) is 3.10. The summed E-state index contributed by atoms with van der Waals surface area (Å²) < 4.78 is 0. The van der Waals surface area contributed by atoms with Crippen LogP contribution in [0, 0.1) is 6.92 Å². The molecular formula is C22H27N3O2. The van der Waals surface area contributed by atoms with Gasteiger partial charge in [0.15, 0.2) is 0 Å². The lowest BCUT2D eigenvalue weighted by atomic mass is 9.91. The molecular weight excluding hydrogens is 338 g/mol. The number of amides is 1. The Morgan fingerprint density at radius 2 is 1.96 bits per heavy atom. The highest BCUT2D eigenvalue weighted by Gasteiger charge is 2.16. The molecule has 0 fully saturated rings. The maximum atomic E-state index is 12.3. The number of pyridine rings is 1. The highest BCUT2D eigenvalue weighted by Crippen LogP contribution is 2.23. The van der Waals surface area contributed by atoms with Crippen LogP contribution in [0.3, 0.4) is 0 Å². The first-order chi connectivity index (χ1) is 12.8. The van der Waals surface area contributed by atoms with E-state index >= 15 is 0 Å². The molecule has 3 rings (SSSR count). The number of aliphatic hydroxyl groups is 1. The van der Waals surface area contributed by atoms with Gasteiger partial charge in [-0.05, 0) is 49.2 Å². The summed E-state index contributed by atoms with van der Waals surface area (Å²) in [5, 5.41) is 13.1. The first-order valence-corrected chi connectivity index (χ1v) is 9.25. The minimum Gasteiger partial charge on any atom is -0.390 e. The normalized spacial score (nSPS) is 11.7. The van der Waals surface area contributed by atoms with Crippen LogP contribution >= 0.6 is 0 Å². The maximum absolute atomic E-state index is 12.3. The van der Waals surface area contributed by atoms with Gasteiger partial charge in [0.25, 0.3) is 0 Å². The molecule has 0 radical (unpaired) electrons. The molecule has 2 aromatic heterocycles. The number of aromatic amines is 1. The summed E-state index contributed by atoms with van der Waals surface area (Å²) in [4.78, 5) is 20.2. The summed E-state index contributed by atoms with van der Waals surface area (Å²) >= 11 is 0. The van der Waals surface area contributed by atoms with Crippen LogP contribution in [-0.2, 0) is 23.2 Å². The summed E-state index contributed by atoms with van der Waals surface area (Å²) in [6.07, 6.45) is 1.07. The number of aromatic nitrogens is 2. The summed E-state index contributed by atoms with van der Waals surface area (Å²) in [6.45, 7) is 8.41. The van der Waals surface area contributed by atoms with Gasteiger partial charge in [0, 0.05) is 45.5 Å². The zero-order valence-corrected chi connectivity index (χ0v) is 16.4. The molecule has 142 valence electrons. The molecule has 2 heterocycles. The van der Waals surface area contributed by atoms with Gasteiger partial charge >= 0.3 is 0 Å². The fraction of sp³-hybridized carbons (Fsp3) is 0.364. The average molecular weight is 365 g/mol. The van der Waals surface area contributed by atoms with Crippen molar-refractivity contribution >= 4 is 22.5 Å². The predicted molar refractivity (Wildman–Crippen MR) is 109 cm³/mol. The van der Waals surface area contributed by atoms with Gasteiger partial charge in [0.05, 0.1) is 6.61 Å². The topological polar surface area (TPSA) is 78.0 Å². The van der Waals surface area contributed by atoms with E-state index < -0.39 is 0 Å². The van der Waals surface area contributed by atoms with E-state index in [4.69, 9.17) is 4.98 Å². The van der Waals surface area contributed by atoms with Gasteiger partial charge in [-0.25, -0.2) is 0 Å². The molecule has 0 saturated carbocycles. The number of fused-ring (bicyclic) bond motifs is 1. The second-order valence-corrected chi connectivity index (χ2v) is 7.99. The van der Waals surface area contributed by atoms with Gasteiger partial charge in [-0.3, -0.25) is 9.78 Å². The molecule has 0 spiro atoms. The van der Waals surface area contributed by atoms with Crippen LogP contribution in [0.5, 0.6) is 0 Å². The Kier molecular flexibility index (Phi) is 5.33. The van der Waals surface area contributed by atoms with Crippen LogP contribution in [0.4, 0.5) is 5.69 Å². The maximum Gasteiger partial charge on any atom is 0.224 e. The minimum absolute atomic E-state index is 0.0213. The van der Waals surface area contributed by atoms with E-state index in [0.29, 0.717) is 12.8 Å². The van der Waals surface area contributed by atoms with Crippen LogP contribution < -0.4 is 5.32 Å². The molecule has 0 unspecified atom stereocenters. The molecule has 0 atom stereocenters. The predicted octanol–water partition coefficient (Wildman–Crippen LogP) is 4.23. The molecule has 1 aromatic carbocycles. The molecule has 27 heavy (non-hydrogen) atoms. The standard InChI is InChI=1S/C22H27N3O2/c1-14-15(5-9-20(23-14)22(2,3)4)6-10-21(27)25-17-7-8-19-16(11-17)12-18(13-26)24-19/h5,7-9,11-12,24,26H,6,10,13H2,1-4H3,(H,25,27). The lowest BCUT2D eigenvalue weighted by Crippen LogP contribution is -2.15. The summed E-state index contributed by atoms with van der Waals surface area (Å²) in [7, 11) is 0. The molecule has 0 bridgehead atoms. The lowest BCUT2D eigenvalue weighted by molar-refractivity contribution is -0.116. The molecule has 5 heteroatoms. The number of carbonyl (C=O) groups excluding carboxylic acids is 1. The van der Waals surface area contributed by atoms with Crippen molar-refractivity contribution in [1.82, 2.24) is 9.97 Å². The Hall–Kier alpha value is -2.66. The Morgan fingerprint density at radius 1 is 1.19 bits per heavy atom. The van der Waals surface area contributed by atoms with Crippen LogP contribution in [0.15, 0.2) is 36.4 Å². The lowest BCUT2D eigenvalue weighted by Gasteiger charge is -2.19. The Balaban J connectivity index is 1.63. The molecule has 0 aliphatic heterocycles. The molecule has 0 aliphatic carbocycles. The first kappa shape index (κ1) is 19.1. The zero-order chi connectivity index (χ0) is 19.6. The zero-order valence-electron chi connectivity index (χ0n) is 16.4. The number of nitrogens with one attached hydrogen (secondary N) is 2. The van der Waals surface area contributed by atoms with Gasteiger partial charge in [-0.1, -0.05) is 26.8 Å². The van der Waals surface area contributed by atoms with Crippen LogP contribution in [0.1, 0.15) is 49.8 Å². The number of nitrogens with zero attached hydrogens (tertiary/aromatic N) is 1. The van der Waals surface area contributed by atoms with Crippen molar-refractivity contribution in [3.05, 3.63) is 59.0 Å². The summed E-state index contributed by atoms with van der Waals surface area (Å²) in [5.74, 6) is -0.0217. The SMILES string of the molecule is Cc1nc(C(C)(C)C)ccc1CCC(=O)Nc1ccc2[nH]c(CO)cc2c1. The number of aryl methyl sites for hydroxylation is 2. The van der Waals surface area contributed by atoms with Crippen LogP contribution in [-0.4, -0.2) is 21.0 Å². The third-order valence-corrected chi connectivity index (χ3v) is 4.72. The Labute approximate surface area is 159 Å². The van der Waals surface area contributed by atoms with E-state index in [1.165, 1.54) is 0 Å². The van der Waals surface area contributed by atoms with E-state index in [-0.39, 0.29) is 17.9 Å². The van der Waals surface area contributed by atoms with Crippen molar-refractivity contribution in [3.63, 3.8) is 0 Å². The van der Waals surface area contributed by atoms with Crippen molar-refractivity contribution in [2.45, 2.75) is 52.6 Å². The molecule has 0 saturated heterocycles. The molecule has 0 aliphatic rings. The highest BCUT2D eigenvalue weighted by atomic mass is 16.3. The van der Waals surface area contributed by atoms with Crippen LogP contribution in [0.25, 0.3) is 10.9 Å². The van der Waals surface area contributed by atoms with Crippen molar-refractivity contribution < 1.29 is 9.90 Å². The first-order valence-electron chi connectivity index (χ1n) is 9.25. The minimum atomic E-state index is -0.0300. The summed E-state index contributed by atoms with van der Waals surface area (Å²) in [6, 6.07) is 11.7. The number of hydrogen-bond acceptors (Lipinski definition) is 3. The van der Waals surface area contributed by atoms with Gasteiger partial charge < -0.3 is 15.4 Å². The van der Waals surface area contributed by atoms with Crippen molar-refractivity contribution in [2.75, 3.05) is 5.32 Å². The van der Waals surface area contributed by atoms with E-state index in [1.54, 1.807) is 0 Å². The van der Waals surface area contributed by atoms with Crippen molar-refractivity contribution in [1.29, 1.82) is 0 Å². The number of H-pyrrole nitrogens is 1. The quantitative estimate of drug-likeness (QED) is 0.633. The number of rotatable bonds is 5. The average Bonchev–Trinajstić information content (AvgIpc) is 3.02. The number of anilines is 1. The largest absolute Gasteiger partial charge is 0.390 e. The number of aliphatic hydroxyl groups excluding tert-OH is 1. The second kappa shape index (κ2) is 7.53. The van der Waals surface area contributed by atoms with E-state index in [1.807, 2.05) is 31.2 Å². The third-order valence-electron chi connectivity index (χ3n) is 4.72. The number of hydrogen-bond donors (Lipinski definition) is 3. The smallest absolute Gasteiger partial charge is 0.224 e. The van der Waals surface area contributed by atoms with E-state index in [2.05, 4.69) is 43.2 Å². The Bertz CT molecular complexity index is 967. The van der Waals surface area contributed by atoms with Gasteiger partial charge in [-0.15, -0.1) is 0 Å². The van der Waals surface area contributed by atoms with Crippen LogP contribution in [0.2, 0.25) is 0 Å². The number of benzene rings is 1. The second-order valence-electron chi connectivity index (χ2n) is 7.99. The molecule has 1 amide bonds. The van der Waals surface area contributed by atoms with Gasteiger partial charge in [-0.2, -0.15) is 0 Å². The molecule has 3 N–H and O–H groups in total. The fourth-order valence-electron chi connectivity index (χ4n) is 3.10. The summed E-state index contributed by atoms with van der Waals surface area (Å²) in [5.41, 5.74) is 5.64. The van der Waals surface area contributed by atoms with E-state index in [9.17, 15) is 9.90 Å². The highest BCUT2D eigenvalue weighted by molar-refractivity contribution is 5.94. The number of carbonyl (C=O) groups is 1. The Morgan fingerprint density at radius 3 is 2.63 bits per heavy atom.